The highest BCUT2D eigenvalue weighted by molar-refractivity contribution is 5.70. The monoisotopic (exact) mass is 275 g/mol. The fourth-order valence-electron chi connectivity index (χ4n) is 3.09. The summed E-state index contributed by atoms with van der Waals surface area (Å²) in [5.74, 6) is -0.0651. The van der Waals surface area contributed by atoms with Crippen molar-refractivity contribution in [1.29, 1.82) is 0 Å². The lowest BCUT2D eigenvalue weighted by Crippen LogP contribution is -2.42. The van der Waals surface area contributed by atoms with E-state index in [0.717, 1.165) is 13.0 Å². The van der Waals surface area contributed by atoms with Crippen LogP contribution in [0.5, 0.6) is 0 Å². The molecule has 1 aliphatic heterocycles. The van der Waals surface area contributed by atoms with Crippen LogP contribution in [0.15, 0.2) is 30.3 Å². The first kappa shape index (κ1) is 15.0. The Hall–Kier alpha value is -1.35. The average molecular weight is 275 g/mol. The van der Waals surface area contributed by atoms with Crippen molar-refractivity contribution in [3.05, 3.63) is 35.9 Å². The van der Waals surface area contributed by atoms with Crippen LogP contribution in [0.1, 0.15) is 51.1 Å². The quantitative estimate of drug-likeness (QED) is 0.770. The molecule has 1 aromatic rings. The van der Waals surface area contributed by atoms with Crippen molar-refractivity contribution < 1.29 is 9.53 Å². The Balaban J connectivity index is 2.04. The molecule has 0 unspecified atom stereocenters. The first-order valence-corrected chi connectivity index (χ1v) is 7.68. The van der Waals surface area contributed by atoms with E-state index in [-0.39, 0.29) is 5.97 Å². The number of piperidine rings is 1. The zero-order valence-electron chi connectivity index (χ0n) is 12.5. The molecular weight excluding hydrogens is 250 g/mol. The Morgan fingerprint density at radius 1 is 1.35 bits per heavy atom. The van der Waals surface area contributed by atoms with E-state index in [1.54, 1.807) is 0 Å². The fourth-order valence-corrected chi connectivity index (χ4v) is 3.09. The maximum atomic E-state index is 11.8. The zero-order chi connectivity index (χ0) is 14.4. The molecule has 110 valence electrons. The lowest BCUT2D eigenvalue weighted by Gasteiger charge is -2.39. The topological polar surface area (TPSA) is 29.5 Å². The fraction of sp³-hybridized carbons (Fsp3) is 0.588. The average Bonchev–Trinajstić information content (AvgIpc) is 2.48. The minimum atomic E-state index is -0.0651. The van der Waals surface area contributed by atoms with Gasteiger partial charge in [0.15, 0.2) is 0 Å². The van der Waals surface area contributed by atoms with Gasteiger partial charge in [0.2, 0.25) is 0 Å². The highest BCUT2D eigenvalue weighted by Gasteiger charge is 2.29. The predicted octanol–water partition coefficient (Wildman–Crippen LogP) is 3.56. The summed E-state index contributed by atoms with van der Waals surface area (Å²) in [4.78, 5) is 14.2. The number of rotatable bonds is 5. The first-order valence-electron chi connectivity index (χ1n) is 7.68. The van der Waals surface area contributed by atoms with Gasteiger partial charge in [0.05, 0.1) is 13.0 Å². The van der Waals surface area contributed by atoms with Gasteiger partial charge < -0.3 is 4.74 Å². The number of esters is 1. The molecule has 0 spiro atoms. The van der Waals surface area contributed by atoms with Gasteiger partial charge in [-0.1, -0.05) is 36.8 Å². The van der Waals surface area contributed by atoms with Crippen LogP contribution < -0.4 is 0 Å². The molecule has 0 bridgehead atoms. The number of likely N-dealkylation sites (tertiary alicyclic amines) is 1. The van der Waals surface area contributed by atoms with E-state index in [9.17, 15) is 4.79 Å². The molecular formula is C17H25NO2. The third kappa shape index (κ3) is 3.83. The lowest BCUT2D eigenvalue weighted by molar-refractivity contribution is -0.145. The van der Waals surface area contributed by atoms with Crippen LogP contribution in [0, 0.1) is 0 Å². The second-order valence-electron chi connectivity index (χ2n) is 5.48. The summed E-state index contributed by atoms with van der Waals surface area (Å²) < 4.78 is 5.11. The van der Waals surface area contributed by atoms with E-state index in [2.05, 4.69) is 36.1 Å². The van der Waals surface area contributed by atoms with Crippen LogP contribution in [0.25, 0.3) is 0 Å². The molecule has 2 rings (SSSR count). The smallest absolute Gasteiger partial charge is 0.307 e. The Morgan fingerprint density at radius 3 is 2.80 bits per heavy atom. The number of nitrogens with zero attached hydrogens (tertiary/aromatic N) is 1. The van der Waals surface area contributed by atoms with Crippen molar-refractivity contribution in [1.82, 2.24) is 4.90 Å². The number of hydrogen-bond donors (Lipinski definition) is 0. The van der Waals surface area contributed by atoms with Crippen LogP contribution in [-0.2, 0) is 9.53 Å². The van der Waals surface area contributed by atoms with Gasteiger partial charge in [0, 0.05) is 12.1 Å². The standard InChI is InChI=1S/C17H25NO2/c1-3-20-17(19)13-16-11-7-8-12-18(16)14(2)15-9-5-4-6-10-15/h4-6,9-10,14,16H,3,7-8,11-13H2,1-2H3/t14-,16-/m0/s1. The summed E-state index contributed by atoms with van der Waals surface area (Å²) in [6.45, 7) is 5.64. The van der Waals surface area contributed by atoms with Gasteiger partial charge >= 0.3 is 5.97 Å². The van der Waals surface area contributed by atoms with E-state index < -0.39 is 0 Å². The molecule has 0 saturated carbocycles. The Morgan fingerprint density at radius 2 is 2.10 bits per heavy atom. The normalized spacial score (nSPS) is 21.4. The molecule has 0 aliphatic carbocycles. The molecule has 0 N–H and O–H groups in total. The summed E-state index contributed by atoms with van der Waals surface area (Å²) in [7, 11) is 0. The van der Waals surface area contributed by atoms with Crippen molar-refractivity contribution in [2.45, 2.75) is 51.6 Å². The number of carbonyl (C=O) groups is 1. The van der Waals surface area contributed by atoms with Gasteiger partial charge in [0.25, 0.3) is 0 Å². The maximum Gasteiger partial charge on any atom is 0.307 e. The molecule has 1 fully saturated rings. The summed E-state index contributed by atoms with van der Waals surface area (Å²) >= 11 is 0. The molecule has 20 heavy (non-hydrogen) atoms. The minimum Gasteiger partial charge on any atom is -0.466 e. The number of benzene rings is 1. The summed E-state index contributed by atoms with van der Waals surface area (Å²) in [6.07, 6.45) is 4.04. The van der Waals surface area contributed by atoms with Crippen LogP contribution in [-0.4, -0.2) is 30.1 Å². The van der Waals surface area contributed by atoms with Gasteiger partial charge in [-0.25, -0.2) is 0 Å². The molecule has 1 heterocycles. The van der Waals surface area contributed by atoms with Crippen molar-refractivity contribution in [3.63, 3.8) is 0 Å². The Bertz CT molecular complexity index is 418. The third-order valence-corrected chi connectivity index (χ3v) is 4.16. The van der Waals surface area contributed by atoms with E-state index in [4.69, 9.17) is 4.74 Å². The molecule has 1 aliphatic rings. The lowest BCUT2D eigenvalue weighted by atomic mass is 9.95. The molecule has 3 heteroatoms. The van der Waals surface area contributed by atoms with Crippen LogP contribution in [0.3, 0.4) is 0 Å². The largest absolute Gasteiger partial charge is 0.466 e. The van der Waals surface area contributed by atoms with Gasteiger partial charge in [0.1, 0.15) is 0 Å². The Kier molecular flexibility index (Phi) is 5.60. The predicted molar refractivity (Wildman–Crippen MR) is 80.5 cm³/mol. The van der Waals surface area contributed by atoms with E-state index in [1.807, 2.05) is 13.0 Å². The van der Waals surface area contributed by atoms with E-state index in [1.165, 1.54) is 18.4 Å². The Labute approximate surface area is 121 Å². The summed E-state index contributed by atoms with van der Waals surface area (Å²) in [6, 6.07) is 11.2. The van der Waals surface area contributed by atoms with Crippen molar-refractivity contribution >= 4 is 5.97 Å². The highest BCUT2D eigenvalue weighted by Crippen LogP contribution is 2.29. The third-order valence-electron chi connectivity index (χ3n) is 4.16. The molecule has 1 aromatic carbocycles. The molecule has 1 saturated heterocycles. The van der Waals surface area contributed by atoms with Gasteiger partial charge in [-0.2, -0.15) is 0 Å². The van der Waals surface area contributed by atoms with Crippen molar-refractivity contribution in [3.8, 4) is 0 Å². The second-order valence-corrected chi connectivity index (χ2v) is 5.48. The summed E-state index contributed by atoms with van der Waals surface area (Å²) in [5, 5.41) is 0. The summed E-state index contributed by atoms with van der Waals surface area (Å²) in [5.41, 5.74) is 1.32. The maximum absolute atomic E-state index is 11.8. The number of carbonyl (C=O) groups excluding carboxylic acids is 1. The van der Waals surface area contributed by atoms with Crippen LogP contribution in [0.2, 0.25) is 0 Å². The highest BCUT2D eigenvalue weighted by atomic mass is 16.5. The van der Waals surface area contributed by atoms with E-state index in [0.29, 0.717) is 25.1 Å². The van der Waals surface area contributed by atoms with Crippen LogP contribution >= 0.6 is 0 Å². The van der Waals surface area contributed by atoms with Gasteiger partial charge in [-0.15, -0.1) is 0 Å². The molecule has 0 radical (unpaired) electrons. The zero-order valence-corrected chi connectivity index (χ0v) is 12.5. The van der Waals surface area contributed by atoms with Crippen molar-refractivity contribution in [2.75, 3.05) is 13.2 Å². The number of ether oxygens (including phenoxy) is 1. The van der Waals surface area contributed by atoms with Gasteiger partial charge in [-0.3, -0.25) is 9.69 Å². The minimum absolute atomic E-state index is 0.0651. The molecule has 0 aromatic heterocycles. The molecule has 0 amide bonds. The second kappa shape index (κ2) is 7.44. The number of hydrogen-bond acceptors (Lipinski definition) is 3. The molecule has 2 atom stereocenters. The van der Waals surface area contributed by atoms with Crippen LogP contribution in [0.4, 0.5) is 0 Å². The van der Waals surface area contributed by atoms with Gasteiger partial charge in [-0.05, 0) is 38.8 Å². The SMILES string of the molecule is CCOC(=O)C[C@@H]1CCCCN1[C@@H](C)c1ccccc1. The van der Waals surface area contributed by atoms with Crippen molar-refractivity contribution in [2.24, 2.45) is 0 Å². The first-order chi connectivity index (χ1) is 9.72. The van der Waals surface area contributed by atoms with E-state index >= 15 is 0 Å². The molecule has 3 nitrogen and oxygen atoms in total.